The molecule has 5 rings (SSSR count). The van der Waals surface area contributed by atoms with Gasteiger partial charge in [0.15, 0.2) is 0 Å². The Morgan fingerprint density at radius 2 is 2.00 bits per heavy atom. The topological polar surface area (TPSA) is 115 Å². The summed E-state index contributed by atoms with van der Waals surface area (Å²) >= 11 is 1.45. The zero-order chi connectivity index (χ0) is 24.5. The number of esters is 1. The molecule has 0 fully saturated rings. The summed E-state index contributed by atoms with van der Waals surface area (Å²) in [6.45, 7) is 3.67. The zero-order valence-electron chi connectivity index (χ0n) is 19.0. The van der Waals surface area contributed by atoms with Gasteiger partial charge in [-0.15, -0.1) is 11.3 Å². The Morgan fingerprint density at radius 1 is 1.20 bits per heavy atom. The molecule has 0 spiro atoms. The van der Waals surface area contributed by atoms with E-state index in [1.54, 1.807) is 19.1 Å². The van der Waals surface area contributed by atoms with Crippen LogP contribution in [0.2, 0.25) is 0 Å². The van der Waals surface area contributed by atoms with Crippen LogP contribution in [-0.2, 0) is 16.1 Å². The van der Waals surface area contributed by atoms with Gasteiger partial charge >= 0.3 is 12.0 Å². The lowest BCUT2D eigenvalue weighted by molar-refractivity contribution is -0.139. The number of urea groups is 1. The lowest BCUT2D eigenvalue weighted by Crippen LogP contribution is -2.47. The summed E-state index contributed by atoms with van der Waals surface area (Å²) in [7, 11) is 0. The summed E-state index contributed by atoms with van der Waals surface area (Å²) in [6, 6.07) is 11.8. The van der Waals surface area contributed by atoms with Gasteiger partial charge in [0.2, 0.25) is 0 Å². The van der Waals surface area contributed by atoms with Crippen LogP contribution in [0, 0.1) is 6.92 Å². The van der Waals surface area contributed by atoms with Crippen molar-refractivity contribution in [3.8, 4) is 10.4 Å². The minimum Gasteiger partial charge on any atom is -0.467 e. The van der Waals surface area contributed by atoms with Gasteiger partial charge in [-0.25, -0.2) is 14.6 Å². The van der Waals surface area contributed by atoms with Crippen molar-refractivity contribution < 1.29 is 18.7 Å². The van der Waals surface area contributed by atoms with Crippen molar-refractivity contribution in [3.05, 3.63) is 88.0 Å². The van der Waals surface area contributed by atoms with Crippen molar-refractivity contribution in [2.75, 3.05) is 6.61 Å². The molecule has 2 N–H and O–H groups in total. The highest BCUT2D eigenvalue weighted by molar-refractivity contribution is 7.22. The van der Waals surface area contributed by atoms with Crippen LogP contribution in [0.4, 0.5) is 4.79 Å². The SMILES string of the molecule is CCOC(=O)C1=C(Cn2cnc3sc(-c4ccccc4)c(C)c3c2=O)NC(=O)NC1c1ccco1. The summed E-state index contributed by atoms with van der Waals surface area (Å²) in [5.41, 5.74) is 2.00. The van der Waals surface area contributed by atoms with Crippen molar-refractivity contribution >= 4 is 33.6 Å². The molecule has 35 heavy (non-hydrogen) atoms. The number of benzene rings is 1. The van der Waals surface area contributed by atoms with Gasteiger partial charge in [-0.05, 0) is 37.1 Å². The van der Waals surface area contributed by atoms with E-state index >= 15 is 0 Å². The van der Waals surface area contributed by atoms with E-state index in [1.807, 2.05) is 37.3 Å². The molecule has 9 nitrogen and oxygen atoms in total. The van der Waals surface area contributed by atoms with Gasteiger partial charge in [-0.2, -0.15) is 0 Å². The molecule has 2 amide bonds. The van der Waals surface area contributed by atoms with Gasteiger partial charge in [-0.3, -0.25) is 9.36 Å². The average Bonchev–Trinajstić information content (AvgIpc) is 3.50. The number of amides is 2. The van der Waals surface area contributed by atoms with Crippen LogP contribution in [0.25, 0.3) is 20.7 Å². The molecule has 178 valence electrons. The lowest BCUT2D eigenvalue weighted by atomic mass is 10.00. The van der Waals surface area contributed by atoms with E-state index in [4.69, 9.17) is 9.15 Å². The Hall–Kier alpha value is -4.18. The Labute approximate surface area is 204 Å². The third kappa shape index (κ3) is 4.12. The number of carbonyl (C=O) groups excluding carboxylic acids is 2. The van der Waals surface area contributed by atoms with Gasteiger partial charge in [0.1, 0.15) is 16.6 Å². The number of allylic oxidation sites excluding steroid dienone is 1. The van der Waals surface area contributed by atoms with Crippen LogP contribution in [0.5, 0.6) is 0 Å². The monoisotopic (exact) mass is 490 g/mol. The van der Waals surface area contributed by atoms with Crippen LogP contribution >= 0.6 is 11.3 Å². The van der Waals surface area contributed by atoms with Crippen LogP contribution in [0.3, 0.4) is 0 Å². The van der Waals surface area contributed by atoms with E-state index in [2.05, 4.69) is 15.6 Å². The van der Waals surface area contributed by atoms with Gasteiger partial charge in [-0.1, -0.05) is 30.3 Å². The first-order valence-corrected chi connectivity index (χ1v) is 11.8. The van der Waals surface area contributed by atoms with Crippen molar-refractivity contribution in [1.82, 2.24) is 20.2 Å². The summed E-state index contributed by atoms with van der Waals surface area (Å²) < 4.78 is 12.1. The molecule has 0 saturated carbocycles. The maximum atomic E-state index is 13.5. The van der Waals surface area contributed by atoms with Crippen LogP contribution in [0.1, 0.15) is 24.3 Å². The van der Waals surface area contributed by atoms with E-state index in [9.17, 15) is 14.4 Å². The molecule has 10 heteroatoms. The van der Waals surface area contributed by atoms with E-state index in [-0.39, 0.29) is 30.0 Å². The van der Waals surface area contributed by atoms with E-state index in [0.29, 0.717) is 16.0 Å². The summed E-state index contributed by atoms with van der Waals surface area (Å²) in [5.74, 6) is -0.237. The summed E-state index contributed by atoms with van der Waals surface area (Å²) in [5, 5.41) is 5.88. The van der Waals surface area contributed by atoms with Gasteiger partial charge < -0.3 is 19.8 Å². The molecule has 4 aromatic rings. The van der Waals surface area contributed by atoms with Crippen molar-refractivity contribution in [2.24, 2.45) is 0 Å². The molecule has 0 aliphatic carbocycles. The Bertz CT molecular complexity index is 1500. The smallest absolute Gasteiger partial charge is 0.338 e. The van der Waals surface area contributed by atoms with Crippen molar-refractivity contribution in [1.29, 1.82) is 0 Å². The second-order valence-corrected chi connectivity index (χ2v) is 8.94. The molecule has 0 saturated heterocycles. The summed E-state index contributed by atoms with van der Waals surface area (Å²) in [4.78, 5) is 45.0. The standard InChI is InChI=1S/C25H22N4O5S/c1-3-33-24(31)19-16(27-25(32)28-20(19)17-10-7-11-34-17)12-29-13-26-22-18(23(29)30)14(2)21(35-22)15-8-5-4-6-9-15/h4-11,13,20H,3,12H2,1-2H3,(H2,27,28,32). The number of furan rings is 1. The Balaban J connectivity index is 1.61. The number of aryl methyl sites for hydroxylation is 1. The predicted octanol–water partition coefficient (Wildman–Crippen LogP) is 3.90. The predicted molar refractivity (Wildman–Crippen MR) is 131 cm³/mol. The van der Waals surface area contributed by atoms with Crippen molar-refractivity contribution in [3.63, 3.8) is 0 Å². The normalized spacial score (nSPS) is 15.7. The number of aromatic nitrogens is 2. The average molecular weight is 491 g/mol. The van der Waals surface area contributed by atoms with Gasteiger partial charge in [0.05, 0.1) is 42.4 Å². The third-order valence-electron chi connectivity index (χ3n) is 5.76. The fourth-order valence-electron chi connectivity index (χ4n) is 4.17. The molecule has 4 heterocycles. The van der Waals surface area contributed by atoms with Crippen LogP contribution in [-0.4, -0.2) is 28.2 Å². The van der Waals surface area contributed by atoms with E-state index < -0.39 is 18.0 Å². The number of nitrogens with zero attached hydrogens (tertiary/aromatic N) is 2. The van der Waals surface area contributed by atoms with Crippen LogP contribution in [0.15, 0.2) is 75.5 Å². The zero-order valence-corrected chi connectivity index (χ0v) is 19.8. The molecular formula is C25H22N4O5S. The highest BCUT2D eigenvalue weighted by Crippen LogP contribution is 2.35. The quantitative estimate of drug-likeness (QED) is 0.396. The second-order valence-electron chi connectivity index (χ2n) is 7.94. The number of hydrogen-bond acceptors (Lipinski definition) is 7. The lowest BCUT2D eigenvalue weighted by Gasteiger charge is -2.28. The first kappa shape index (κ1) is 22.6. The van der Waals surface area contributed by atoms with Crippen LogP contribution < -0.4 is 16.2 Å². The molecular weight excluding hydrogens is 468 g/mol. The minimum absolute atomic E-state index is 0.0729. The second kappa shape index (κ2) is 9.22. The van der Waals surface area contributed by atoms with E-state index in [1.165, 1.54) is 28.5 Å². The number of carbonyl (C=O) groups is 2. The Morgan fingerprint density at radius 3 is 2.71 bits per heavy atom. The highest BCUT2D eigenvalue weighted by atomic mass is 32.1. The maximum absolute atomic E-state index is 13.5. The molecule has 1 aliphatic heterocycles. The number of hydrogen-bond donors (Lipinski definition) is 2. The number of thiophene rings is 1. The van der Waals surface area contributed by atoms with E-state index in [0.717, 1.165) is 16.0 Å². The number of fused-ring (bicyclic) bond motifs is 1. The number of nitrogens with one attached hydrogen (secondary N) is 2. The fourth-order valence-corrected chi connectivity index (χ4v) is 5.31. The Kier molecular flexibility index (Phi) is 5.96. The van der Waals surface area contributed by atoms with Crippen molar-refractivity contribution in [2.45, 2.75) is 26.4 Å². The number of rotatable bonds is 6. The first-order chi connectivity index (χ1) is 17.0. The molecule has 0 bridgehead atoms. The van der Waals surface area contributed by atoms with Gasteiger partial charge in [0, 0.05) is 4.88 Å². The molecule has 1 aliphatic rings. The molecule has 1 atom stereocenters. The largest absolute Gasteiger partial charge is 0.467 e. The third-order valence-corrected chi connectivity index (χ3v) is 7.01. The molecule has 0 radical (unpaired) electrons. The maximum Gasteiger partial charge on any atom is 0.338 e. The molecule has 3 aromatic heterocycles. The highest BCUT2D eigenvalue weighted by Gasteiger charge is 2.35. The fraction of sp³-hybridized carbons (Fsp3) is 0.200. The first-order valence-electron chi connectivity index (χ1n) is 11.0. The summed E-state index contributed by atoms with van der Waals surface area (Å²) in [6.07, 6.45) is 2.89. The molecule has 1 unspecified atom stereocenters. The van der Waals surface area contributed by atoms with Gasteiger partial charge in [0.25, 0.3) is 5.56 Å². The minimum atomic E-state index is -0.854. The number of ether oxygens (including phenoxy) is 1. The molecule has 1 aromatic carbocycles.